The number of rotatable bonds is 17. The fourth-order valence-electron chi connectivity index (χ4n) is 6.52. The molecule has 6 unspecified atom stereocenters. The van der Waals surface area contributed by atoms with Crippen LogP contribution in [0.5, 0.6) is 0 Å². The van der Waals surface area contributed by atoms with E-state index in [0.717, 1.165) is 0 Å². The lowest BCUT2D eigenvalue weighted by molar-refractivity contribution is -0.379. The largest absolute Gasteiger partial charge is 0.382 e. The van der Waals surface area contributed by atoms with Gasteiger partial charge in [0.25, 0.3) is 0 Å². The van der Waals surface area contributed by atoms with E-state index in [0.29, 0.717) is 0 Å². The molecule has 15 heteroatoms. The number of methoxy groups -OCH3 is 10. The Labute approximate surface area is 261 Å². The maximum absolute atomic E-state index is 6.63. The molecule has 0 spiro atoms. The van der Waals surface area contributed by atoms with Crippen LogP contribution in [0, 0.1) is 0 Å². The van der Waals surface area contributed by atoms with Crippen molar-refractivity contribution in [3.8, 4) is 0 Å². The van der Waals surface area contributed by atoms with Gasteiger partial charge in [-0.05, 0) is 6.92 Å². The summed E-state index contributed by atoms with van der Waals surface area (Å²) in [5.74, 6) is 0. The third kappa shape index (κ3) is 8.27. The molecule has 0 aliphatic carbocycles. The van der Waals surface area contributed by atoms with Gasteiger partial charge >= 0.3 is 0 Å². The second-order valence-corrected chi connectivity index (χ2v) is 10.9. The minimum absolute atomic E-state index is 0.148. The van der Waals surface area contributed by atoms with Crippen LogP contribution in [0.15, 0.2) is 0 Å². The zero-order valence-electron chi connectivity index (χ0n) is 27.9. The summed E-state index contributed by atoms with van der Waals surface area (Å²) in [5, 5.41) is 0. The third-order valence-corrected chi connectivity index (χ3v) is 8.53. The van der Waals surface area contributed by atoms with Crippen molar-refractivity contribution in [2.75, 3.05) is 90.9 Å². The van der Waals surface area contributed by atoms with Gasteiger partial charge in [-0.2, -0.15) is 0 Å². The molecule has 0 saturated carbocycles. The molecule has 15 atom stereocenters. The number of ether oxygens (including phenoxy) is 15. The molecule has 260 valence electrons. The minimum atomic E-state index is -0.933. The normalized spacial score (nSPS) is 43.3. The van der Waals surface area contributed by atoms with Crippen molar-refractivity contribution in [3.05, 3.63) is 0 Å². The van der Waals surface area contributed by atoms with Gasteiger partial charge in [-0.25, -0.2) is 0 Å². The van der Waals surface area contributed by atoms with Gasteiger partial charge in [0, 0.05) is 71.1 Å². The van der Waals surface area contributed by atoms with Gasteiger partial charge in [-0.3, -0.25) is 0 Å². The van der Waals surface area contributed by atoms with E-state index in [1.54, 1.807) is 71.1 Å². The molecule has 0 radical (unpaired) electrons. The zero-order chi connectivity index (χ0) is 32.4. The molecule has 3 saturated heterocycles. The monoisotopic (exact) mass is 642 g/mol. The van der Waals surface area contributed by atoms with Crippen LogP contribution in [0.2, 0.25) is 0 Å². The molecule has 3 aliphatic rings. The Bertz CT molecular complexity index is 794. The lowest BCUT2D eigenvalue weighted by Gasteiger charge is -2.51. The summed E-state index contributed by atoms with van der Waals surface area (Å²) in [4.78, 5) is 0. The van der Waals surface area contributed by atoms with Crippen molar-refractivity contribution < 1.29 is 71.1 Å². The van der Waals surface area contributed by atoms with Gasteiger partial charge in [0.05, 0.1) is 25.9 Å². The summed E-state index contributed by atoms with van der Waals surface area (Å²) in [6, 6.07) is 0. The van der Waals surface area contributed by atoms with Crippen molar-refractivity contribution in [3.63, 3.8) is 0 Å². The minimum Gasteiger partial charge on any atom is -0.382 e. The molecule has 0 aromatic carbocycles. The van der Waals surface area contributed by atoms with Crippen molar-refractivity contribution >= 4 is 0 Å². The van der Waals surface area contributed by atoms with Crippen LogP contribution in [0.25, 0.3) is 0 Å². The van der Waals surface area contributed by atoms with Gasteiger partial charge in [0.1, 0.15) is 73.2 Å². The fourth-order valence-corrected chi connectivity index (χ4v) is 6.52. The van der Waals surface area contributed by atoms with Gasteiger partial charge in [0.15, 0.2) is 12.6 Å². The molecule has 3 heterocycles. The quantitative estimate of drug-likeness (QED) is 0.211. The number of hydrogen-bond acceptors (Lipinski definition) is 15. The highest BCUT2D eigenvalue weighted by atomic mass is 16.8. The predicted octanol–water partition coefficient (Wildman–Crippen LogP) is 0.0381. The van der Waals surface area contributed by atoms with Crippen LogP contribution in [0.1, 0.15) is 6.92 Å². The molecule has 3 rings (SSSR count). The Morgan fingerprint density at radius 3 is 1.05 bits per heavy atom. The van der Waals surface area contributed by atoms with Crippen molar-refractivity contribution in [1.29, 1.82) is 0 Å². The summed E-state index contributed by atoms with van der Waals surface area (Å²) in [5.41, 5.74) is 0. The molecule has 15 nitrogen and oxygen atoms in total. The molecule has 0 aromatic heterocycles. The average molecular weight is 643 g/mol. The van der Waals surface area contributed by atoms with Crippen molar-refractivity contribution in [1.82, 2.24) is 0 Å². The summed E-state index contributed by atoms with van der Waals surface area (Å²) in [6.07, 6.45) is -9.08. The van der Waals surface area contributed by atoms with E-state index in [-0.39, 0.29) is 25.9 Å². The first kappa shape index (κ1) is 37.9. The van der Waals surface area contributed by atoms with E-state index in [1.165, 1.54) is 0 Å². The Kier molecular flexibility index (Phi) is 16.1. The fraction of sp³-hybridized carbons (Fsp3) is 1.00. The molecule has 0 amide bonds. The van der Waals surface area contributed by atoms with Gasteiger partial charge in [0.2, 0.25) is 0 Å². The third-order valence-electron chi connectivity index (χ3n) is 8.53. The molecule has 0 N–H and O–H groups in total. The molecular weight excluding hydrogens is 588 g/mol. The summed E-state index contributed by atoms with van der Waals surface area (Å²) < 4.78 is 89.7. The maximum atomic E-state index is 6.63. The van der Waals surface area contributed by atoms with Gasteiger partial charge < -0.3 is 71.1 Å². The molecular formula is C29H54O15. The number of hydrogen-bond donors (Lipinski definition) is 0. The molecule has 3 aliphatic heterocycles. The first-order valence-electron chi connectivity index (χ1n) is 14.8. The Morgan fingerprint density at radius 2 is 0.682 bits per heavy atom. The first-order valence-corrected chi connectivity index (χ1v) is 14.8. The smallest absolute Gasteiger partial charge is 0.187 e. The van der Waals surface area contributed by atoms with E-state index in [1.807, 2.05) is 6.92 Å². The maximum Gasteiger partial charge on any atom is 0.187 e. The van der Waals surface area contributed by atoms with E-state index in [4.69, 9.17) is 71.1 Å². The van der Waals surface area contributed by atoms with Crippen molar-refractivity contribution in [2.24, 2.45) is 0 Å². The molecule has 3 fully saturated rings. The highest BCUT2D eigenvalue weighted by molar-refractivity contribution is 4.99. The molecule has 0 aromatic rings. The van der Waals surface area contributed by atoms with E-state index in [2.05, 4.69) is 0 Å². The average Bonchev–Trinajstić information content (AvgIpc) is 3.02. The lowest BCUT2D eigenvalue weighted by atomic mass is 9.94. The first-order chi connectivity index (χ1) is 21.3. The summed E-state index contributed by atoms with van der Waals surface area (Å²) >= 11 is 0. The lowest BCUT2D eigenvalue weighted by Crippen LogP contribution is -2.67. The summed E-state index contributed by atoms with van der Waals surface area (Å²) in [7, 11) is 15.8. The zero-order valence-corrected chi connectivity index (χ0v) is 27.9. The predicted molar refractivity (Wildman–Crippen MR) is 153 cm³/mol. The van der Waals surface area contributed by atoms with E-state index in [9.17, 15) is 0 Å². The van der Waals surface area contributed by atoms with Gasteiger partial charge in [-0.1, -0.05) is 0 Å². The van der Waals surface area contributed by atoms with Crippen LogP contribution in [-0.4, -0.2) is 183 Å². The van der Waals surface area contributed by atoms with Crippen LogP contribution in [0.3, 0.4) is 0 Å². The van der Waals surface area contributed by atoms with E-state index < -0.39 is 85.8 Å². The van der Waals surface area contributed by atoms with Crippen LogP contribution in [0.4, 0.5) is 0 Å². The second kappa shape index (κ2) is 18.7. The highest BCUT2D eigenvalue weighted by Gasteiger charge is 2.55. The van der Waals surface area contributed by atoms with Crippen molar-refractivity contribution in [2.45, 2.75) is 98.9 Å². The Hall–Kier alpha value is -0.600. The molecule has 0 bridgehead atoms. The van der Waals surface area contributed by atoms with Crippen LogP contribution < -0.4 is 0 Å². The van der Waals surface area contributed by atoms with E-state index >= 15 is 0 Å². The molecule has 44 heavy (non-hydrogen) atoms. The van der Waals surface area contributed by atoms with Crippen LogP contribution in [-0.2, 0) is 71.1 Å². The Morgan fingerprint density at radius 1 is 0.364 bits per heavy atom. The van der Waals surface area contributed by atoms with Crippen LogP contribution >= 0.6 is 0 Å². The second-order valence-electron chi connectivity index (χ2n) is 10.9. The standard InChI is InChI=1S/C29H54O15/c1-15-19(33-5)23(35-7)21(17(40-15)13-31-3)43-29-27(39-11)25(37-9)22(18(42-29)14-32-4)44-28-26(38-10)24(36-8)20(34-6)16(41-28)12-30-2/h15-29H,12-14H2,1-11H3/t15-,16?,17?,18?,19-,20-,21-,22-,23?,24-,25-,26?,27?,28-,29-/m1/s1. The summed E-state index contributed by atoms with van der Waals surface area (Å²) in [6.45, 7) is 2.58. The SMILES string of the molecule is COCC1O[C@H](C)[C@@H](OC)C(OC)[C@@H]1O[C@H]1OC(COC)[C@@H](O[C@H]2OC(COC)[C@@H](OC)[C@@H](OC)C2OC)[C@@H](OC)C1OC. The Balaban J connectivity index is 1.92. The topological polar surface area (TPSA) is 138 Å². The highest BCUT2D eigenvalue weighted by Crippen LogP contribution is 2.36. The van der Waals surface area contributed by atoms with Gasteiger partial charge in [-0.15, -0.1) is 0 Å².